The van der Waals surface area contributed by atoms with Crippen molar-refractivity contribution in [1.29, 1.82) is 5.41 Å². The van der Waals surface area contributed by atoms with E-state index in [0.29, 0.717) is 6.04 Å². The summed E-state index contributed by atoms with van der Waals surface area (Å²) in [6.45, 7) is 3.20. The second kappa shape index (κ2) is 7.44. The predicted molar refractivity (Wildman–Crippen MR) is 81.4 cm³/mol. The molecule has 1 rings (SSSR count). The van der Waals surface area contributed by atoms with E-state index in [1.807, 2.05) is 23.9 Å². The van der Waals surface area contributed by atoms with Crippen LogP contribution in [0.2, 0.25) is 0 Å². The standard InChI is InChI=1S/C14H23N3S/c1-11(8-9-18-3)17(2)10-12-4-6-13(7-5-12)14(15)16/h4-7,11H,8-10H2,1-3H3,(H3,15,16). The fourth-order valence-corrected chi connectivity index (χ4v) is 2.32. The molecule has 0 aliphatic carbocycles. The van der Waals surface area contributed by atoms with Gasteiger partial charge in [0.25, 0.3) is 0 Å². The van der Waals surface area contributed by atoms with Crippen molar-refractivity contribution in [1.82, 2.24) is 4.90 Å². The van der Waals surface area contributed by atoms with Crippen LogP contribution in [0, 0.1) is 5.41 Å². The summed E-state index contributed by atoms with van der Waals surface area (Å²) in [5.41, 5.74) is 7.49. The van der Waals surface area contributed by atoms with Crippen molar-refractivity contribution in [2.75, 3.05) is 19.1 Å². The molecule has 4 heteroatoms. The molecular weight excluding hydrogens is 242 g/mol. The highest BCUT2D eigenvalue weighted by molar-refractivity contribution is 7.98. The maximum atomic E-state index is 7.36. The van der Waals surface area contributed by atoms with Crippen LogP contribution < -0.4 is 5.73 Å². The van der Waals surface area contributed by atoms with E-state index in [4.69, 9.17) is 11.1 Å². The van der Waals surface area contributed by atoms with Crippen molar-refractivity contribution in [2.24, 2.45) is 5.73 Å². The zero-order chi connectivity index (χ0) is 13.5. The number of rotatable bonds is 7. The number of benzene rings is 1. The Morgan fingerprint density at radius 1 is 1.39 bits per heavy atom. The van der Waals surface area contributed by atoms with Gasteiger partial charge in [-0.05, 0) is 38.0 Å². The lowest BCUT2D eigenvalue weighted by molar-refractivity contribution is 0.245. The number of nitrogens with one attached hydrogen (secondary N) is 1. The molecule has 0 heterocycles. The third-order valence-corrected chi connectivity index (χ3v) is 3.83. The molecule has 0 aliphatic heterocycles. The third-order valence-electron chi connectivity index (χ3n) is 3.19. The molecule has 100 valence electrons. The Morgan fingerprint density at radius 3 is 2.50 bits per heavy atom. The van der Waals surface area contributed by atoms with Crippen LogP contribution in [0.15, 0.2) is 24.3 Å². The quantitative estimate of drug-likeness (QED) is 0.588. The van der Waals surface area contributed by atoms with Crippen molar-refractivity contribution in [3.05, 3.63) is 35.4 Å². The molecule has 1 unspecified atom stereocenters. The SMILES string of the molecule is CSCCC(C)N(C)Cc1ccc(C(=N)N)cc1. The van der Waals surface area contributed by atoms with Gasteiger partial charge in [-0.15, -0.1) is 0 Å². The summed E-state index contributed by atoms with van der Waals surface area (Å²) in [5, 5.41) is 7.36. The molecule has 3 N–H and O–H groups in total. The van der Waals surface area contributed by atoms with E-state index >= 15 is 0 Å². The highest BCUT2D eigenvalue weighted by atomic mass is 32.2. The number of nitrogens with two attached hydrogens (primary N) is 1. The van der Waals surface area contributed by atoms with Gasteiger partial charge in [0, 0.05) is 18.2 Å². The molecule has 0 bridgehead atoms. The summed E-state index contributed by atoms with van der Waals surface area (Å²) in [5.74, 6) is 1.33. The first-order valence-corrected chi connectivity index (χ1v) is 7.56. The van der Waals surface area contributed by atoms with Gasteiger partial charge in [0.15, 0.2) is 0 Å². The van der Waals surface area contributed by atoms with Crippen molar-refractivity contribution in [2.45, 2.75) is 25.9 Å². The molecule has 1 atom stereocenters. The van der Waals surface area contributed by atoms with E-state index in [1.165, 1.54) is 17.7 Å². The molecule has 0 saturated heterocycles. The summed E-state index contributed by atoms with van der Waals surface area (Å²) >= 11 is 1.89. The Hall–Kier alpha value is -1.00. The molecule has 0 radical (unpaired) electrons. The Labute approximate surface area is 114 Å². The molecule has 1 aromatic carbocycles. The Kier molecular flexibility index (Phi) is 6.22. The highest BCUT2D eigenvalue weighted by Crippen LogP contribution is 2.11. The third kappa shape index (κ3) is 4.70. The van der Waals surface area contributed by atoms with Crippen molar-refractivity contribution in [3.63, 3.8) is 0 Å². The molecule has 0 fully saturated rings. The topological polar surface area (TPSA) is 53.1 Å². The molecule has 0 amide bonds. The Morgan fingerprint density at radius 2 is 2.00 bits per heavy atom. The smallest absolute Gasteiger partial charge is 0.122 e. The molecule has 1 aromatic rings. The predicted octanol–water partition coefficient (Wildman–Crippen LogP) is 2.54. The maximum absolute atomic E-state index is 7.36. The number of nitrogen functional groups attached to an aromatic ring is 1. The summed E-state index contributed by atoms with van der Waals surface area (Å²) < 4.78 is 0. The summed E-state index contributed by atoms with van der Waals surface area (Å²) in [4.78, 5) is 2.36. The van der Waals surface area contributed by atoms with E-state index in [9.17, 15) is 0 Å². The van der Waals surface area contributed by atoms with Crippen molar-refractivity contribution < 1.29 is 0 Å². The van der Waals surface area contributed by atoms with E-state index in [-0.39, 0.29) is 5.84 Å². The minimum Gasteiger partial charge on any atom is -0.384 e. The molecule has 0 spiro atoms. The lowest BCUT2D eigenvalue weighted by atomic mass is 10.1. The van der Waals surface area contributed by atoms with Crippen LogP contribution in [0.4, 0.5) is 0 Å². The van der Waals surface area contributed by atoms with Crippen LogP contribution in [0.25, 0.3) is 0 Å². The van der Waals surface area contributed by atoms with Gasteiger partial charge in [-0.3, -0.25) is 10.3 Å². The molecule has 0 aliphatic rings. The molecule has 0 aromatic heterocycles. The van der Waals surface area contributed by atoms with Crippen LogP contribution in [0.1, 0.15) is 24.5 Å². The fraction of sp³-hybridized carbons (Fsp3) is 0.500. The van der Waals surface area contributed by atoms with Crippen molar-refractivity contribution >= 4 is 17.6 Å². The van der Waals surface area contributed by atoms with E-state index in [2.05, 4.69) is 37.3 Å². The fourth-order valence-electron chi connectivity index (χ4n) is 1.74. The van der Waals surface area contributed by atoms with Crippen LogP contribution >= 0.6 is 11.8 Å². The van der Waals surface area contributed by atoms with Gasteiger partial charge in [-0.25, -0.2) is 0 Å². The maximum Gasteiger partial charge on any atom is 0.122 e. The number of amidine groups is 1. The van der Waals surface area contributed by atoms with Crippen LogP contribution in [0.3, 0.4) is 0 Å². The van der Waals surface area contributed by atoms with Crippen molar-refractivity contribution in [3.8, 4) is 0 Å². The van der Waals surface area contributed by atoms with Gasteiger partial charge in [-0.2, -0.15) is 11.8 Å². The van der Waals surface area contributed by atoms with Gasteiger partial charge < -0.3 is 5.73 Å². The number of nitrogens with zero attached hydrogens (tertiary/aromatic N) is 1. The van der Waals surface area contributed by atoms with Gasteiger partial charge in [0.2, 0.25) is 0 Å². The summed E-state index contributed by atoms with van der Waals surface area (Å²) in [6, 6.07) is 8.52. The second-order valence-corrected chi connectivity index (χ2v) is 5.64. The molecule has 18 heavy (non-hydrogen) atoms. The molecule has 0 saturated carbocycles. The largest absolute Gasteiger partial charge is 0.384 e. The Bertz CT molecular complexity index is 375. The lowest BCUT2D eigenvalue weighted by Gasteiger charge is -2.24. The van der Waals surface area contributed by atoms with Crippen LogP contribution in [-0.2, 0) is 6.54 Å². The average Bonchev–Trinajstić information content (AvgIpc) is 2.36. The number of thioether (sulfide) groups is 1. The number of hydrogen-bond donors (Lipinski definition) is 2. The monoisotopic (exact) mass is 265 g/mol. The zero-order valence-corrected chi connectivity index (χ0v) is 12.3. The first-order chi connectivity index (χ1) is 8.54. The second-order valence-electron chi connectivity index (χ2n) is 4.66. The van der Waals surface area contributed by atoms with E-state index in [1.54, 1.807) is 0 Å². The summed E-state index contributed by atoms with van der Waals surface area (Å²) in [7, 11) is 2.16. The summed E-state index contributed by atoms with van der Waals surface area (Å²) in [6.07, 6.45) is 3.36. The van der Waals surface area contributed by atoms with Crippen LogP contribution in [-0.4, -0.2) is 35.8 Å². The highest BCUT2D eigenvalue weighted by Gasteiger charge is 2.09. The molecular formula is C14H23N3S. The Balaban J connectivity index is 2.53. The normalized spacial score (nSPS) is 12.7. The first-order valence-electron chi connectivity index (χ1n) is 6.17. The lowest BCUT2D eigenvalue weighted by Crippen LogP contribution is -2.29. The minimum atomic E-state index is 0.128. The van der Waals surface area contributed by atoms with Crippen LogP contribution in [0.5, 0.6) is 0 Å². The van der Waals surface area contributed by atoms with Gasteiger partial charge >= 0.3 is 0 Å². The van der Waals surface area contributed by atoms with Gasteiger partial charge in [0.05, 0.1) is 0 Å². The van der Waals surface area contributed by atoms with Gasteiger partial charge in [0.1, 0.15) is 5.84 Å². The van der Waals surface area contributed by atoms with E-state index in [0.717, 1.165) is 12.1 Å². The van der Waals surface area contributed by atoms with E-state index < -0.39 is 0 Å². The minimum absolute atomic E-state index is 0.128. The first kappa shape index (κ1) is 15.1. The average molecular weight is 265 g/mol. The van der Waals surface area contributed by atoms with Gasteiger partial charge in [-0.1, -0.05) is 24.3 Å². The molecule has 3 nitrogen and oxygen atoms in total. The zero-order valence-electron chi connectivity index (χ0n) is 11.4. The number of hydrogen-bond acceptors (Lipinski definition) is 3.